The van der Waals surface area contributed by atoms with E-state index in [-0.39, 0.29) is 0 Å². The normalized spacial score (nSPS) is 11.0. The van der Waals surface area contributed by atoms with Gasteiger partial charge in [0.15, 0.2) is 17.5 Å². The second-order valence-electron chi connectivity index (χ2n) is 4.94. The number of benzene rings is 1. The van der Waals surface area contributed by atoms with Gasteiger partial charge in [-0.3, -0.25) is 4.99 Å². The molecule has 0 atom stereocenters. The van der Waals surface area contributed by atoms with Crippen LogP contribution in [0.1, 0.15) is 18.4 Å². The molecule has 5 nitrogen and oxygen atoms in total. The third-order valence-corrected chi connectivity index (χ3v) is 3.37. The molecule has 0 amide bonds. The lowest BCUT2D eigenvalue weighted by Crippen LogP contribution is -2.38. The van der Waals surface area contributed by atoms with Crippen molar-refractivity contribution < 1.29 is 9.47 Å². The fraction of sp³-hybridized carbons (Fsp3) is 0.471. The molecular weight excluding hydrogens is 278 g/mol. The molecule has 0 saturated heterocycles. The molecule has 1 rings (SSSR count). The molecule has 22 heavy (non-hydrogen) atoms. The summed E-state index contributed by atoms with van der Waals surface area (Å²) in [6.45, 7) is 5.36. The van der Waals surface area contributed by atoms with Crippen molar-refractivity contribution in [1.82, 2.24) is 10.2 Å². The maximum atomic E-state index is 5.32. The number of hydrogen-bond donors (Lipinski definition) is 1. The molecular formula is C17H27N3O2. The first-order valence-corrected chi connectivity index (χ1v) is 7.39. The minimum Gasteiger partial charge on any atom is -0.493 e. The van der Waals surface area contributed by atoms with Crippen molar-refractivity contribution in [2.24, 2.45) is 4.99 Å². The molecule has 0 spiro atoms. The van der Waals surface area contributed by atoms with Crippen molar-refractivity contribution in [3.05, 3.63) is 36.4 Å². The van der Waals surface area contributed by atoms with Gasteiger partial charge in [-0.25, -0.2) is 0 Å². The van der Waals surface area contributed by atoms with Crippen molar-refractivity contribution in [3.8, 4) is 11.5 Å². The molecule has 0 saturated carbocycles. The summed E-state index contributed by atoms with van der Waals surface area (Å²) in [6, 6.07) is 5.89. The average molecular weight is 305 g/mol. The predicted molar refractivity (Wildman–Crippen MR) is 91.8 cm³/mol. The van der Waals surface area contributed by atoms with Gasteiger partial charge in [0.1, 0.15) is 0 Å². The van der Waals surface area contributed by atoms with Gasteiger partial charge in [-0.1, -0.05) is 12.1 Å². The molecule has 0 aliphatic rings. The van der Waals surface area contributed by atoms with Gasteiger partial charge in [0, 0.05) is 27.2 Å². The van der Waals surface area contributed by atoms with Crippen molar-refractivity contribution >= 4 is 5.96 Å². The first-order chi connectivity index (χ1) is 10.7. The van der Waals surface area contributed by atoms with Crippen molar-refractivity contribution in [2.45, 2.75) is 19.4 Å². The number of methoxy groups -OCH3 is 2. The van der Waals surface area contributed by atoms with Crippen LogP contribution in [0.4, 0.5) is 0 Å². The van der Waals surface area contributed by atoms with Crippen LogP contribution in [0, 0.1) is 0 Å². The molecule has 1 N–H and O–H groups in total. The summed E-state index contributed by atoms with van der Waals surface area (Å²) in [5.41, 5.74) is 1.11. The van der Waals surface area contributed by atoms with Crippen molar-refractivity contribution in [2.75, 3.05) is 34.9 Å². The number of nitrogens with zero attached hydrogens (tertiary/aromatic N) is 2. The van der Waals surface area contributed by atoms with E-state index in [0.717, 1.165) is 42.4 Å². The maximum absolute atomic E-state index is 5.32. The summed E-state index contributed by atoms with van der Waals surface area (Å²) in [7, 11) is 7.10. The number of allylic oxidation sites excluding steroid dienone is 1. The van der Waals surface area contributed by atoms with E-state index in [0.29, 0.717) is 6.54 Å². The molecule has 0 aliphatic heterocycles. The highest BCUT2D eigenvalue weighted by Gasteiger charge is 2.07. The highest BCUT2D eigenvalue weighted by atomic mass is 16.5. The lowest BCUT2D eigenvalue weighted by molar-refractivity contribution is 0.354. The van der Waals surface area contributed by atoms with Gasteiger partial charge in [0.2, 0.25) is 0 Å². The van der Waals surface area contributed by atoms with E-state index < -0.39 is 0 Å². The number of unbranched alkanes of at least 4 members (excludes halogenated alkanes) is 1. The van der Waals surface area contributed by atoms with E-state index in [1.54, 1.807) is 21.3 Å². The van der Waals surface area contributed by atoms with Crippen molar-refractivity contribution in [3.63, 3.8) is 0 Å². The Kier molecular flexibility index (Phi) is 7.89. The predicted octanol–water partition coefficient (Wildman–Crippen LogP) is 2.68. The van der Waals surface area contributed by atoms with Crippen LogP contribution in [0.25, 0.3) is 0 Å². The monoisotopic (exact) mass is 305 g/mol. The quantitative estimate of drug-likeness (QED) is 0.347. The molecule has 1 aromatic rings. The Balaban J connectivity index is 2.61. The Morgan fingerprint density at radius 2 is 2.05 bits per heavy atom. The van der Waals surface area contributed by atoms with Gasteiger partial charge >= 0.3 is 0 Å². The van der Waals surface area contributed by atoms with Crippen LogP contribution in [0.5, 0.6) is 11.5 Å². The first-order valence-electron chi connectivity index (χ1n) is 7.39. The minimum atomic E-state index is 0.679. The zero-order chi connectivity index (χ0) is 16.4. The number of ether oxygens (including phenoxy) is 2. The lowest BCUT2D eigenvalue weighted by Gasteiger charge is -2.22. The van der Waals surface area contributed by atoms with Gasteiger partial charge in [-0.2, -0.15) is 0 Å². The smallest absolute Gasteiger partial charge is 0.193 e. The van der Waals surface area contributed by atoms with Crippen LogP contribution in [0.2, 0.25) is 0 Å². The van der Waals surface area contributed by atoms with Crippen molar-refractivity contribution in [1.29, 1.82) is 0 Å². The van der Waals surface area contributed by atoms with E-state index >= 15 is 0 Å². The first kappa shape index (κ1) is 17.9. The Morgan fingerprint density at radius 1 is 1.32 bits per heavy atom. The van der Waals surface area contributed by atoms with Crippen LogP contribution in [0.15, 0.2) is 35.8 Å². The van der Waals surface area contributed by atoms with E-state index in [9.17, 15) is 0 Å². The summed E-state index contributed by atoms with van der Waals surface area (Å²) in [4.78, 5) is 6.42. The van der Waals surface area contributed by atoms with Crippen LogP contribution in [0.3, 0.4) is 0 Å². The summed E-state index contributed by atoms with van der Waals surface area (Å²) in [5.74, 6) is 2.34. The lowest BCUT2D eigenvalue weighted by atomic mass is 10.2. The van der Waals surface area contributed by atoms with E-state index in [1.165, 1.54) is 0 Å². The Bertz CT molecular complexity index is 501. The van der Waals surface area contributed by atoms with E-state index in [1.807, 2.05) is 31.3 Å². The van der Waals surface area contributed by atoms with Gasteiger partial charge in [0.05, 0.1) is 14.2 Å². The molecule has 0 heterocycles. The standard InChI is InChI=1S/C17H27N3O2/c1-6-7-8-11-20(3)17(18-2)19-13-14-9-10-15(21-4)16(12-14)22-5/h6,9-10,12H,1,7-8,11,13H2,2-5H3,(H,18,19). The summed E-state index contributed by atoms with van der Waals surface area (Å²) in [6.07, 6.45) is 4.02. The van der Waals surface area contributed by atoms with Crippen LogP contribution >= 0.6 is 0 Å². The fourth-order valence-electron chi connectivity index (χ4n) is 2.14. The van der Waals surface area contributed by atoms with Crippen LogP contribution in [-0.4, -0.2) is 45.7 Å². The van der Waals surface area contributed by atoms with E-state index in [4.69, 9.17) is 9.47 Å². The molecule has 1 aromatic carbocycles. The molecule has 5 heteroatoms. The number of aliphatic imine (C=N–C) groups is 1. The largest absolute Gasteiger partial charge is 0.493 e. The molecule has 0 aromatic heterocycles. The summed E-state index contributed by atoms with van der Waals surface area (Å²) in [5, 5.41) is 3.35. The zero-order valence-electron chi connectivity index (χ0n) is 14.1. The number of rotatable bonds is 8. The SMILES string of the molecule is C=CCCCN(C)C(=NC)NCc1ccc(OC)c(OC)c1. The van der Waals surface area contributed by atoms with Gasteiger partial charge < -0.3 is 19.7 Å². The highest BCUT2D eigenvalue weighted by Crippen LogP contribution is 2.27. The molecule has 0 unspecified atom stereocenters. The van der Waals surface area contributed by atoms with Gasteiger partial charge in [0.25, 0.3) is 0 Å². The maximum Gasteiger partial charge on any atom is 0.193 e. The summed E-state index contributed by atoms with van der Waals surface area (Å²) < 4.78 is 10.6. The second kappa shape index (κ2) is 9.71. The van der Waals surface area contributed by atoms with Gasteiger partial charge in [-0.15, -0.1) is 6.58 Å². The van der Waals surface area contributed by atoms with Crippen LogP contribution < -0.4 is 14.8 Å². The molecule has 0 aliphatic carbocycles. The molecule has 122 valence electrons. The van der Waals surface area contributed by atoms with Gasteiger partial charge in [-0.05, 0) is 30.5 Å². The Hall–Kier alpha value is -2.17. The third-order valence-electron chi connectivity index (χ3n) is 3.37. The second-order valence-corrected chi connectivity index (χ2v) is 4.94. The van der Waals surface area contributed by atoms with Crippen LogP contribution in [-0.2, 0) is 6.54 Å². The topological polar surface area (TPSA) is 46.1 Å². The number of nitrogens with one attached hydrogen (secondary N) is 1. The Labute approximate surface area is 133 Å². The molecule has 0 fully saturated rings. The fourth-order valence-corrected chi connectivity index (χ4v) is 2.14. The minimum absolute atomic E-state index is 0.679. The highest BCUT2D eigenvalue weighted by molar-refractivity contribution is 5.79. The zero-order valence-corrected chi connectivity index (χ0v) is 14.1. The molecule has 0 radical (unpaired) electrons. The third kappa shape index (κ3) is 5.31. The molecule has 0 bridgehead atoms. The summed E-state index contributed by atoms with van der Waals surface area (Å²) >= 11 is 0. The average Bonchev–Trinajstić information content (AvgIpc) is 2.55. The van der Waals surface area contributed by atoms with E-state index in [2.05, 4.69) is 21.8 Å². The Morgan fingerprint density at radius 3 is 2.64 bits per heavy atom. The number of hydrogen-bond acceptors (Lipinski definition) is 3. The number of guanidine groups is 1.